The molecule has 6 nitrogen and oxygen atoms in total. The maximum Gasteiger partial charge on any atom is 1.00 e. The summed E-state index contributed by atoms with van der Waals surface area (Å²) in [5.41, 5.74) is -1.71. The molecule has 0 aromatic heterocycles. The first-order valence-corrected chi connectivity index (χ1v) is 3.65. The number of rotatable bonds is 4. The molecule has 75 valence electrons. The molecule has 0 aromatic rings. The molecule has 0 saturated carbocycles. The molecule has 0 bridgehead atoms. The third-order valence-electron chi connectivity index (χ3n) is 1.13. The maximum absolute atomic E-state index is 10.5. The summed E-state index contributed by atoms with van der Waals surface area (Å²) in [5.74, 6) is -3.31. The van der Waals surface area contributed by atoms with Crippen LogP contribution in [0, 0.1) is 0 Å². The topological polar surface area (TPSA) is 92.7 Å². The van der Waals surface area contributed by atoms with Crippen LogP contribution >= 0.6 is 0 Å². The van der Waals surface area contributed by atoms with Crippen molar-refractivity contribution >= 4 is 32.9 Å². The minimum Gasteiger partial charge on any atom is -0.614 e. The number of carbonyl (C=O) groups excluding carboxylic acids is 3. The van der Waals surface area contributed by atoms with E-state index in [0.29, 0.717) is 0 Å². The van der Waals surface area contributed by atoms with Gasteiger partial charge >= 0.3 is 66.2 Å². The van der Waals surface area contributed by atoms with Crippen molar-refractivity contribution in [3.8, 4) is 0 Å². The van der Waals surface area contributed by atoms with Crippen molar-refractivity contribution in [2.24, 2.45) is 0 Å². The third kappa shape index (κ3) is 9.74. The number of carboxylic acid groups (broad SMARTS) is 1. The van der Waals surface area contributed by atoms with Gasteiger partial charge in [-0.3, -0.25) is 9.59 Å². The Morgan fingerprint density at radius 1 is 1.12 bits per heavy atom. The SMILES string of the molecule is [B-]C(B(OC(C)=O)OC(C)=O)C(=O)[O-].[Na+].[Na+]. The van der Waals surface area contributed by atoms with Crippen molar-refractivity contribution in [2.75, 3.05) is 0 Å². The summed E-state index contributed by atoms with van der Waals surface area (Å²) in [7, 11) is 3.38. The van der Waals surface area contributed by atoms with Gasteiger partial charge in [0.25, 0.3) is 11.9 Å². The van der Waals surface area contributed by atoms with E-state index in [9.17, 15) is 19.5 Å². The first-order valence-electron chi connectivity index (χ1n) is 3.65. The monoisotopic (exact) mass is 243 g/mol. The van der Waals surface area contributed by atoms with Crippen molar-refractivity contribution in [3.05, 3.63) is 0 Å². The Hall–Kier alpha value is 0.540. The normalized spacial score (nSPS) is 9.94. The summed E-state index contributed by atoms with van der Waals surface area (Å²) in [6, 6.07) is 0. The average Bonchev–Trinajstić information content (AvgIpc) is 1.99. The number of carboxylic acids is 1. The second-order valence-electron chi connectivity index (χ2n) is 2.43. The average molecular weight is 243 g/mol. The van der Waals surface area contributed by atoms with Crippen LogP contribution in [0.5, 0.6) is 0 Å². The number of carbonyl (C=O) groups is 3. The zero-order valence-electron chi connectivity index (χ0n) is 9.68. The van der Waals surface area contributed by atoms with Crippen molar-refractivity contribution < 1.29 is 87.9 Å². The van der Waals surface area contributed by atoms with E-state index < -0.39 is 30.7 Å². The van der Waals surface area contributed by atoms with Crippen LogP contribution in [0.4, 0.5) is 0 Å². The van der Waals surface area contributed by atoms with Crippen LogP contribution < -0.4 is 64.2 Å². The standard InChI is InChI=1S/C6H8B2O6.2Na/c1-3(9)13-8(14-4(2)10)5(7)6(11)12;;/h5H,1-2H3,(H,11,12);;/q-1;2*+1/p-1. The van der Waals surface area contributed by atoms with Gasteiger partial charge in [0, 0.05) is 19.8 Å². The van der Waals surface area contributed by atoms with Gasteiger partial charge < -0.3 is 27.1 Å². The summed E-state index contributed by atoms with van der Waals surface area (Å²) < 4.78 is 8.71. The molecule has 3 radical (unpaired) electrons. The van der Waals surface area contributed by atoms with Gasteiger partial charge in [-0.15, -0.1) is 0 Å². The molecule has 0 aliphatic heterocycles. The first-order chi connectivity index (χ1) is 6.34. The molecule has 0 rings (SSSR count). The predicted octanol–water partition coefficient (Wildman–Crippen LogP) is -8.15. The van der Waals surface area contributed by atoms with Gasteiger partial charge in [-0.2, -0.15) is 5.72 Å². The van der Waals surface area contributed by atoms with Gasteiger partial charge in [-0.25, -0.2) is 0 Å². The molecule has 1 unspecified atom stereocenters. The maximum atomic E-state index is 10.5. The Morgan fingerprint density at radius 2 is 1.44 bits per heavy atom. The van der Waals surface area contributed by atoms with E-state index in [0.717, 1.165) is 13.8 Å². The molecular formula is C6H7B2Na2O6. The molecule has 0 saturated heterocycles. The van der Waals surface area contributed by atoms with Crippen LogP contribution in [0.25, 0.3) is 0 Å². The predicted molar refractivity (Wildman–Crippen MR) is 43.8 cm³/mol. The van der Waals surface area contributed by atoms with E-state index in [-0.39, 0.29) is 59.1 Å². The fourth-order valence-corrected chi connectivity index (χ4v) is 0.609. The molecule has 0 heterocycles. The first kappa shape index (κ1) is 21.8. The smallest absolute Gasteiger partial charge is 0.614 e. The van der Waals surface area contributed by atoms with Crippen LogP contribution in [-0.2, 0) is 23.7 Å². The van der Waals surface area contributed by atoms with Crippen LogP contribution in [0.3, 0.4) is 0 Å². The molecule has 10 heteroatoms. The van der Waals surface area contributed by atoms with Gasteiger partial charge in [-0.05, 0) is 0 Å². The van der Waals surface area contributed by atoms with Crippen LogP contribution in [0.1, 0.15) is 13.8 Å². The van der Waals surface area contributed by atoms with E-state index in [1.807, 2.05) is 0 Å². The van der Waals surface area contributed by atoms with E-state index in [1.165, 1.54) is 0 Å². The van der Waals surface area contributed by atoms with Crippen LogP contribution in [0.15, 0.2) is 0 Å². The van der Waals surface area contributed by atoms with Gasteiger partial charge in [0.1, 0.15) is 0 Å². The quantitative estimate of drug-likeness (QED) is 0.455. The van der Waals surface area contributed by atoms with Crippen molar-refractivity contribution in [1.82, 2.24) is 0 Å². The Labute approximate surface area is 139 Å². The number of hydrogen-bond donors (Lipinski definition) is 0. The van der Waals surface area contributed by atoms with Crippen molar-refractivity contribution in [3.63, 3.8) is 0 Å². The minimum atomic E-state index is -1.71. The second kappa shape index (κ2) is 10.7. The fraction of sp³-hybridized carbons (Fsp3) is 0.500. The van der Waals surface area contributed by atoms with Gasteiger partial charge in [0.2, 0.25) is 0 Å². The van der Waals surface area contributed by atoms with Crippen molar-refractivity contribution in [1.29, 1.82) is 0 Å². The Kier molecular flexibility index (Phi) is 14.5. The summed E-state index contributed by atoms with van der Waals surface area (Å²) in [4.78, 5) is 31.2. The Balaban J connectivity index is -0.000000845. The molecule has 0 N–H and O–H groups in total. The summed E-state index contributed by atoms with van der Waals surface area (Å²) in [6.07, 6.45) is 0. The number of aliphatic carboxylic acids is 1. The van der Waals surface area contributed by atoms with E-state index >= 15 is 0 Å². The fourth-order valence-electron chi connectivity index (χ4n) is 0.609. The summed E-state index contributed by atoms with van der Waals surface area (Å²) in [5, 5.41) is 10.3. The molecule has 0 spiro atoms. The molecule has 0 fully saturated rings. The van der Waals surface area contributed by atoms with E-state index in [4.69, 9.17) is 7.85 Å². The minimum absolute atomic E-state index is 0. The summed E-state index contributed by atoms with van der Waals surface area (Å²) in [6.45, 7) is 2.05. The molecular weight excluding hydrogens is 236 g/mol. The number of hydrogen-bond acceptors (Lipinski definition) is 6. The molecule has 0 aliphatic carbocycles. The second-order valence-corrected chi connectivity index (χ2v) is 2.43. The zero-order chi connectivity index (χ0) is 11.3. The van der Waals surface area contributed by atoms with Gasteiger partial charge in [0.15, 0.2) is 0 Å². The van der Waals surface area contributed by atoms with E-state index in [2.05, 4.69) is 9.31 Å². The molecule has 0 aromatic carbocycles. The van der Waals surface area contributed by atoms with Crippen molar-refractivity contribution in [2.45, 2.75) is 19.6 Å². The molecule has 16 heavy (non-hydrogen) atoms. The summed E-state index contributed by atoms with van der Waals surface area (Å²) >= 11 is 0. The Morgan fingerprint density at radius 3 is 1.62 bits per heavy atom. The largest absolute Gasteiger partial charge is 1.00 e. The molecule has 0 aliphatic rings. The molecule has 1 atom stereocenters. The van der Waals surface area contributed by atoms with Gasteiger partial charge in [0.05, 0.1) is 0 Å². The third-order valence-corrected chi connectivity index (χ3v) is 1.13. The van der Waals surface area contributed by atoms with Crippen LogP contribution in [0.2, 0.25) is 5.72 Å². The molecule has 0 amide bonds. The Bertz CT molecular complexity index is 245. The van der Waals surface area contributed by atoms with Crippen LogP contribution in [-0.4, -0.2) is 32.9 Å². The van der Waals surface area contributed by atoms with Gasteiger partial charge in [-0.1, -0.05) is 0 Å². The zero-order valence-corrected chi connectivity index (χ0v) is 13.7. The van der Waals surface area contributed by atoms with E-state index in [1.54, 1.807) is 0 Å².